The predicted molar refractivity (Wildman–Crippen MR) is 153 cm³/mol. The second kappa shape index (κ2) is 14.0. The first-order valence-corrected chi connectivity index (χ1v) is 13.7. The average molecular weight is 566 g/mol. The topological polar surface area (TPSA) is 58.6 Å². The monoisotopic (exact) mass is 564 g/mol. The molecule has 0 aliphatic heterocycles. The number of nitrogens with zero attached hydrogens (tertiary/aromatic N) is 1. The Bertz CT molecular complexity index is 1160. The van der Waals surface area contributed by atoms with Crippen molar-refractivity contribution in [2.75, 3.05) is 6.61 Å². The third-order valence-corrected chi connectivity index (χ3v) is 7.12. The molecule has 0 bridgehead atoms. The van der Waals surface area contributed by atoms with E-state index in [4.69, 9.17) is 4.74 Å². The van der Waals surface area contributed by atoms with E-state index < -0.39 is 6.04 Å². The highest BCUT2D eigenvalue weighted by atomic mass is 79.9. The number of hydrogen-bond acceptors (Lipinski definition) is 3. The lowest BCUT2D eigenvalue weighted by Gasteiger charge is -2.32. The minimum absolute atomic E-state index is 0.00591. The van der Waals surface area contributed by atoms with Crippen LogP contribution < -0.4 is 10.1 Å². The molecule has 3 rings (SSSR count). The van der Waals surface area contributed by atoms with Crippen LogP contribution in [-0.2, 0) is 29.0 Å². The Balaban J connectivity index is 1.91. The van der Waals surface area contributed by atoms with Gasteiger partial charge in [0.05, 0.1) is 4.47 Å². The van der Waals surface area contributed by atoms with E-state index in [0.717, 1.165) is 34.0 Å². The minimum Gasteiger partial charge on any atom is -0.483 e. The fourth-order valence-corrected chi connectivity index (χ4v) is 4.53. The highest BCUT2D eigenvalue weighted by Gasteiger charge is 2.31. The number of amides is 2. The van der Waals surface area contributed by atoms with Crippen LogP contribution in [0.4, 0.5) is 0 Å². The van der Waals surface area contributed by atoms with Crippen LogP contribution in [0.3, 0.4) is 0 Å². The van der Waals surface area contributed by atoms with E-state index in [1.165, 1.54) is 5.56 Å². The molecule has 0 spiro atoms. The summed E-state index contributed by atoms with van der Waals surface area (Å²) in [7, 11) is 0. The third-order valence-electron chi connectivity index (χ3n) is 6.50. The first-order chi connectivity index (χ1) is 17.8. The van der Waals surface area contributed by atoms with Gasteiger partial charge in [0.25, 0.3) is 5.91 Å². The van der Waals surface area contributed by atoms with Crippen LogP contribution in [0.25, 0.3) is 0 Å². The molecule has 1 N–H and O–H groups in total. The molecule has 0 aliphatic carbocycles. The van der Waals surface area contributed by atoms with E-state index in [2.05, 4.69) is 28.2 Å². The molecule has 196 valence electrons. The van der Waals surface area contributed by atoms with Gasteiger partial charge in [-0.1, -0.05) is 80.1 Å². The van der Waals surface area contributed by atoms with Crippen molar-refractivity contribution in [1.29, 1.82) is 0 Å². The lowest BCUT2D eigenvalue weighted by atomic mass is 10.0. The summed E-state index contributed by atoms with van der Waals surface area (Å²) in [5.41, 5.74) is 4.27. The SMILES string of the molecule is CCc1ccc(OCC(=O)N(Cc2ccc(C)cc2)C(Cc2ccccc2)C(=O)NC(C)CC)c(Br)c1. The molecule has 0 saturated carbocycles. The summed E-state index contributed by atoms with van der Waals surface area (Å²) in [6.45, 7) is 8.26. The molecule has 0 aromatic heterocycles. The van der Waals surface area contributed by atoms with Crippen LogP contribution in [0, 0.1) is 6.92 Å². The van der Waals surface area contributed by atoms with Crippen molar-refractivity contribution in [3.8, 4) is 5.75 Å². The van der Waals surface area contributed by atoms with Crippen molar-refractivity contribution in [1.82, 2.24) is 10.2 Å². The van der Waals surface area contributed by atoms with Gasteiger partial charge < -0.3 is 15.0 Å². The Kier molecular flexibility index (Phi) is 10.8. The molecule has 5 nitrogen and oxygen atoms in total. The molecule has 37 heavy (non-hydrogen) atoms. The Labute approximate surface area is 229 Å². The number of halogens is 1. The maximum absolute atomic E-state index is 13.7. The maximum atomic E-state index is 13.7. The van der Waals surface area contributed by atoms with Crippen LogP contribution in [-0.4, -0.2) is 35.4 Å². The quantitative estimate of drug-likeness (QED) is 0.282. The summed E-state index contributed by atoms with van der Waals surface area (Å²) in [6.07, 6.45) is 2.13. The molecule has 0 heterocycles. The minimum atomic E-state index is -0.681. The normalized spacial score (nSPS) is 12.5. The van der Waals surface area contributed by atoms with Crippen molar-refractivity contribution in [2.45, 2.75) is 65.6 Å². The fraction of sp³-hybridized carbons (Fsp3) is 0.355. The summed E-state index contributed by atoms with van der Waals surface area (Å²) >= 11 is 3.55. The summed E-state index contributed by atoms with van der Waals surface area (Å²) in [5.74, 6) is 0.198. The lowest BCUT2D eigenvalue weighted by molar-refractivity contribution is -0.143. The first-order valence-electron chi connectivity index (χ1n) is 12.9. The van der Waals surface area contributed by atoms with Gasteiger partial charge in [-0.3, -0.25) is 9.59 Å². The molecule has 2 unspecified atom stereocenters. The summed E-state index contributed by atoms with van der Waals surface area (Å²) < 4.78 is 6.75. The second-order valence-electron chi connectivity index (χ2n) is 9.44. The number of benzene rings is 3. The summed E-state index contributed by atoms with van der Waals surface area (Å²) in [4.78, 5) is 28.9. The van der Waals surface area contributed by atoms with E-state index >= 15 is 0 Å². The highest BCUT2D eigenvalue weighted by molar-refractivity contribution is 9.10. The van der Waals surface area contributed by atoms with Gasteiger partial charge in [-0.2, -0.15) is 0 Å². The zero-order valence-corrected chi connectivity index (χ0v) is 23.8. The highest BCUT2D eigenvalue weighted by Crippen LogP contribution is 2.26. The van der Waals surface area contributed by atoms with Crippen molar-refractivity contribution in [2.24, 2.45) is 0 Å². The number of carbonyl (C=O) groups excluding carboxylic acids is 2. The van der Waals surface area contributed by atoms with Gasteiger partial charge in [-0.15, -0.1) is 0 Å². The number of nitrogens with one attached hydrogen (secondary N) is 1. The standard InChI is InChI=1S/C31H37BrN2O3/c1-5-23(4)33-31(36)28(19-25-10-8-7-9-11-25)34(20-26-14-12-22(3)13-15-26)30(35)21-37-29-17-16-24(6-2)18-27(29)32/h7-18,23,28H,5-6,19-21H2,1-4H3,(H,33,36). The zero-order chi connectivity index (χ0) is 26.8. The molecule has 0 fully saturated rings. The van der Waals surface area contributed by atoms with Gasteiger partial charge in [-0.25, -0.2) is 0 Å². The molecule has 2 amide bonds. The third kappa shape index (κ3) is 8.46. The smallest absolute Gasteiger partial charge is 0.261 e. The molecule has 6 heteroatoms. The summed E-state index contributed by atoms with van der Waals surface area (Å²) in [6, 6.07) is 23.1. The Morgan fingerprint density at radius 3 is 2.24 bits per heavy atom. The number of aryl methyl sites for hydroxylation is 2. The number of hydrogen-bond donors (Lipinski definition) is 1. The number of carbonyl (C=O) groups is 2. The zero-order valence-electron chi connectivity index (χ0n) is 22.2. The number of ether oxygens (including phenoxy) is 1. The van der Waals surface area contributed by atoms with E-state index in [9.17, 15) is 9.59 Å². The molecule has 2 atom stereocenters. The molecule has 3 aromatic carbocycles. The van der Waals surface area contributed by atoms with Gasteiger partial charge >= 0.3 is 0 Å². The fourth-order valence-electron chi connectivity index (χ4n) is 3.99. The van der Waals surface area contributed by atoms with Gasteiger partial charge in [-0.05, 0) is 71.4 Å². The lowest BCUT2D eigenvalue weighted by Crippen LogP contribution is -2.53. The molecular weight excluding hydrogens is 528 g/mol. The van der Waals surface area contributed by atoms with Crippen LogP contribution >= 0.6 is 15.9 Å². The van der Waals surface area contributed by atoms with Gasteiger partial charge in [0, 0.05) is 19.0 Å². The van der Waals surface area contributed by atoms with Crippen LogP contribution in [0.5, 0.6) is 5.75 Å². The summed E-state index contributed by atoms with van der Waals surface area (Å²) in [5, 5.41) is 3.09. The maximum Gasteiger partial charge on any atom is 0.261 e. The van der Waals surface area contributed by atoms with Crippen molar-refractivity contribution >= 4 is 27.7 Å². The molecule has 0 aliphatic rings. The van der Waals surface area contributed by atoms with E-state index in [0.29, 0.717) is 18.7 Å². The Morgan fingerprint density at radius 1 is 0.946 bits per heavy atom. The van der Waals surface area contributed by atoms with Crippen molar-refractivity contribution < 1.29 is 14.3 Å². The average Bonchev–Trinajstić information content (AvgIpc) is 2.91. The molecule has 0 radical (unpaired) electrons. The van der Waals surface area contributed by atoms with E-state index in [1.54, 1.807) is 4.90 Å². The van der Waals surface area contributed by atoms with Crippen molar-refractivity contribution in [3.05, 3.63) is 99.5 Å². The Morgan fingerprint density at radius 2 is 1.62 bits per heavy atom. The van der Waals surface area contributed by atoms with Crippen LogP contribution in [0.2, 0.25) is 0 Å². The molecular formula is C31H37BrN2O3. The largest absolute Gasteiger partial charge is 0.483 e. The van der Waals surface area contributed by atoms with Crippen LogP contribution in [0.1, 0.15) is 49.4 Å². The first kappa shape index (κ1) is 28.5. The van der Waals surface area contributed by atoms with Gasteiger partial charge in [0.15, 0.2) is 6.61 Å². The number of rotatable bonds is 12. The Hall–Kier alpha value is -3.12. The van der Waals surface area contributed by atoms with E-state index in [-0.39, 0.29) is 24.5 Å². The van der Waals surface area contributed by atoms with Gasteiger partial charge in [0.2, 0.25) is 5.91 Å². The van der Waals surface area contributed by atoms with Crippen LogP contribution in [0.15, 0.2) is 77.3 Å². The van der Waals surface area contributed by atoms with E-state index in [1.807, 2.05) is 93.6 Å². The molecule has 3 aromatic rings. The van der Waals surface area contributed by atoms with Gasteiger partial charge in [0.1, 0.15) is 11.8 Å². The van der Waals surface area contributed by atoms with Crippen molar-refractivity contribution in [3.63, 3.8) is 0 Å². The second-order valence-corrected chi connectivity index (χ2v) is 10.3. The molecule has 0 saturated heterocycles. The predicted octanol–water partition coefficient (Wildman–Crippen LogP) is 6.25.